The van der Waals surface area contributed by atoms with Crippen molar-refractivity contribution in [2.45, 2.75) is 150 Å². The van der Waals surface area contributed by atoms with E-state index >= 15 is 0 Å². The van der Waals surface area contributed by atoms with Crippen LogP contribution in [0.3, 0.4) is 0 Å². The highest BCUT2D eigenvalue weighted by atomic mass is 16.6. The summed E-state index contributed by atoms with van der Waals surface area (Å²) in [6.07, 6.45) is 17.7. The molecule has 51 heavy (non-hydrogen) atoms. The van der Waals surface area contributed by atoms with Crippen LogP contribution < -0.4 is 0 Å². The number of esters is 4. The largest absolute Gasteiger partial charge is 0.462 e. The average molecular weight is 713 g/mol. The maximum absolute atomic E-state index is 13.1. The lowest BCUT2D eigenvalue weighted by atomic mass is 9.44. The van der Waals surface area contributed by atoms with Gasteiger partial charge >= 0.3 is 23.9 Å². The molecule has 9 nitrogen and oxygen atoms in total. The molecule has 9 atom stereocenters. The number of hydrogen-bond donors (Lipinski definition) is 0. The number of Topliss-reactive ketones (excluding diaryl/α,β-unsaturated/α-hetero) is 1. The van der Waals surface area contributed by atoms with E-state index in [4.69, 9.17) is 18.9 Å². The summed E-state index contributed by atoms with van der Waals surface area (Å²) in [5, 5.41) is 0. The Labute approximate surface area is 306 Å². The molecule has 0 aliphatic heterocycles. The minimum atomic E-state index is -0.955. The third-order valence-corrected chi connectivity index (χ3v) is 13.0. The molecule has 0 heterocycles. The van der Waals surface area contributed by atoms with E-state index in [-0.39, 0.29) is 73.6 Å². The lowest BCUT2D eigenvalue weighted by Gasteiger charge is -2.61. The van der Waals surface area contributed by atoms with Crippen LogP contribution in [0.5, 0.6) is 0 Å². The number of rotatable bonds is 17. The molecule has 0 amide bonds. The van der Waals surface area contributed by atoms with Crippen molar-refractivity contribution in [2.75, 3.05) is 13.2 Å². The zero-order valence-electron chi connectivity index (χ0n) is 32.1. The van der Waals surface area contributed by atoms with E-state index in [1.165, 1.54) is 19.3 Å². The second kappa shape index (κ2) is 18.7. The Kier molecular flexibility index (Phi) is 14.9. The molecule has 0 aromatic heterocycles. The van der Waals surface area contributed by atoms with E-state index < -0.39 is 24.0 Å². The molecule has 0 radical (unpaired) electrons. The van der Waals surface area contributed by atoms with E-state index in [1.807, 2.05) is 32.9 Å². The van der Waals surface area contributed by atoms with Crippen LogP contribution in [0.1, 0.15) is 138 Å². The number of ether oxygens (including phenoxy) is 4. The highest BCUT2D eigenvalue weighted by molar-refractivity contribution is 5.79. The zero-order valence-corrected chi connectivity index (χ0v) is 32.1. The van der Waals surface area contributed by atoms with Crippen molar-refractivity contribution in [1.82, 2.24) is 0 Å². The molecule has 4 rings (SSSR count). The van der Waals surface area contributed by atoms with E-state index in [0.29, 0.717) is 29.5 Å². The van der Waals surface area contributed by atoms with Gasteiger partial charge in [0.25, 0.3) is 0 Å². The summed E-state index contributed by atoms with van der Waals surface area (Å²) in [7, 11) is 0. The number of allylic oxidation sites excluding steroid dienone is 2. The zero-order chi connectivity index (χ0) is 37.2. The highest BCUT2D eigenvalue weighted by Crippen LogP contribution is 2.67. The Morgan fingerprint density at radius 3 is 1.90 bits per heavy atom. The number of hydrogen-bond acceptors (Lipinski definition) is 9. The topological polar surface area (TPSA) is 122 Å². The molecule has 0 N–H and O–H groups in total. The molecule has 4 aliphatic rings. The van der Waals surface area contributed by atoms with Crippen molar-refractivity contribution in [1.29, 1.82) is 0 Å². The quantitative estimate of drug-likeness (QED) is 0.0833. The smallest absolute Gasteiger partial charge is 0.309 e. The first-order chi connectivity index (χ1) is 24.3. The van der Waals surface area contributed by atoms with Crippen LogP contribution in [0.15, 0.2) is 24.3 Å². The predicted octanol–water partition coefficient (Wildman–Crippen LogP) is 8.27. The summed E-state index contributed by atoms with van der Waals surface area (Å²) in [5.74, 6) is 1.02. The fraction of sp³-hybridized carbons (Fsp3) is 0.786. The normalized spacial score (nSPS) is 32.1. The lowest BCUT2D eigenvalue weighted by Crippen LogP contribution is -2.54. The molecule has 0 bridgehead atoms. The number of carbonyl (C=O) groups excluding carboxylic acids is 5. The Morgan fingerprint density at radius 2 is 1.29 bits per heavy atom. The van der Waals surface area contributed by atoms with Gasteiger partial charge in [-0.1, -0.05) is 58.9 Å². The van der Waals surface area contributed by atoms with Gasteiger partial charge in [0.2, 0.25) is 0 Å². The van der Waals surface area contributed by atoms with E-state index in [9.17, 15) is 24.0 Å². The van der Waals surface area contributed by atoms with Gasteiger partial charge in [-0.2, -0.15) is 0 Å². The number of carbonyl (C=O) groups is 5. The highest BCUT2D eigenvalue weighted by Gasteiger charge is 2.61. The minimum Gasteiger partial charge on any atom is -0.462 e. The summed E-state index contributed by atoms with van der Waals surface area (Å²) >= 11 is 0. The summed E-state index contributed by atoms with van der Waals surface area (Å²) < 4.78 is 22.2. The summed E-state index contributed by atoms with van der Waals surface area (Å²) in [5.41, 5.74) is 0.403. The second-order valence-electron chi connectivity index (χ2n) is 16.5. The molecule has 0 aromatic rings. The Bertz CT molecular complexity index is 1250. The molecular formula is C42H64O9. The standard InChI is InChI=1S/C42H64O9/c1-7-9-11-13-37(44)48-26-32(27-49-38(45)14-12-10-8-2)51-40(47)24-28(3)23-39(46)50-31-19-21-41(5)30(25-31)15-16-33-35-18-17-34(29(4)43)42(35,6)22-20-36(33)41/h9-12,28,30-36H,7-8,13-27H2,1-6H3/b11-9-,12-10-/t28?,30-,31-,33-,34+,35-,36-,41-,42+/m0/s1. The molecule has 4 aliphatic carbocycles. The van der Waals surface area contributed by atoms with Crippen LogP contribution in [0.2, 0.25) is 0 Å². The van der Waals surface area contributed by atoms with Gasteiger partial charge in [0.05, 0.1) is 12.8 Å². The molecule has 286 valence electrons. The van der Waals surface area contributed by atoms with Crippen LogP contribution in [-0.4, -0.2) is 55.1 Å². The number of ketones is 1. The molecular weight excluding hydrogens is 648 g/mol. The van der Waals surface area contributed by atoms with Gasteiger partial charge in [-0.3, -0.25) is 24.0 Å². The van der Waals surface area contributed by atoms with Crippen LogP contribution in [-0.2, 0) is 42.9 Å². The third-order valence-electron chi connectivity index (χ3n) is 13.0. The average Bonchev–Trinajstić information content (AvgIpc) is 3.44. The van der Waals surface area contributed by atoms with Crippen LogP contribution in [0, 0.1) is 46.3 Å². The lowest BCUT2D eigenvalue weighted by molar-refractivity contribution is -0.168. The van der Waals surface area contributed by atoms with Gasteiger partial charge < -0.3 is 18.9 Å². The van der Waals surface area contributed by atoms with Crippen LogP contribution >= 0.6 is 0 Å². The number of fused-ring (bicyclic) bond motifs is 5. The fourth-order valence-corrected chi connectivity index (χ4v) is 10.4. The Hall–Kier alpha value is -2.97. The fourth-order valence-electron chi connectivity index (χ4n) is 10.4. The van der Waals surface area contributed by atoms with Crippen LogP contribution in [0.4, 0.5) is 0 Å². The van der Waals surface area contributed by atoms with Crippen molar-refractivity contribution in [2.24, 2.45) is 46.3 Å². The monoisotopic (exact) mass is 712 g/mol. The molecule has 9 heteroatoms. The van der Waals surface area contributed by atoms with Gasteiger partial charge in [-0.05, 0) is 118 Å². The second-order valence-corrected chi connectivity index (χ2v) is 16.5. The van der Waals surface area contributed by atoms with Crippen molar-refractivity contribution < 1.29 is 42.9 Å². The van der Waals surface area contributed by atoms with Crippen molar-refractivity contribution >= 4 is 29.7 Å². The van der Waals surface area contributed by atoms with Gasteiger partial charge in [0.15, 0.2) is 6.10 Å². The van der Waals surface area contributed by atoms with Crippen LogP contribution in [0.25, 0.3) is 0 Å². The van der Waals surface area contributed by atoms with E-state index in [2.05, 4.69) is 13.8 Å². The first-order valence-corrected chi connectivity index (χ1v) is 19.8. The van der Waals surface area contributed by atoms with Gasteiger partial charge in [0, 0.05) is 18.8 Å². The van der Waals surface area contributed by atoms with E-state index in [1.54, 1.807) is 19.1 Å². The minimum absolute atomic E-state index is 0.0228. The summed E-state index contributed by atoms with van der Waals surface area (Å²) in [6, 6.07) is 0. The van der Waals surface area contributed by atoms with Gasteiger partial charge in [0.1, 0.15) is 25.1 Å². The SMILES string of the molecule is CC/C=C\CC(=O)OCC(COC(=O)C/C=C\CC)OC(=O)CC(C)CC(=O)O[C@H]1CC[C@@]2(C)[C@@H](CC[C@@H]3[C@@H]2CC[C@]2(C)[C@@H](C(C)=O)CC[C@@H]32)C1. The first kappa shape index (κ1) is 40.8. The maximum atomic E-state index is 13.1. The molecule has 1 unspecified atom stereocenters. The molecule has 4 fully saturated rings. The maximum Gasteiger partial charge on any atom is 0.309 e. The Balaban J connectivity index is 1.24. The predicted molar refractivity (Wildman–Crippen MR) is 194 cm³/mol. The van der Waals surface area contributed by atoms with Gasteiger partial charge in [-0.15, -0.1) is 0 Å². The van der Waals surface area contributed by atoms with Gasteiger partial charge in [-0.25, -0.2) is 0 Å². The molecule has 0 aromatic carbocycles. The van der Waals surface area contributed by atoms with Crippen molar-refractivity contribution in [3.63, 3.8) is 0 Å². The Morgan fingerprint density at radius 1 is 0.706 bits per heavy atom. The van der Waals surface area contributed by atoms with Crippen molar-refractivity contribution in [3.05, 3.63) is 24.3 Å². The summed E-state index contributed by atoms with van der Waals surface area (Å²) in [4.78, 5) is 62.7. The molecule has 0 spiro atoms. The molecule has 4 saturated carbocycles. The first-order valence-electron chi connectivity index (χ1n) is 19.8. The van der Waals surface area contributed by atoms with Crippen molar-refractivity contribution in [3.8, 4) is 0 Å². The summed E-state index contributed by atoms with van der Waals surface area (Å²) in [6.45, 7) is 11.9. The third kappa shape index (κ3) is 10.6. The molecule has 0 saturated heterocycles. The van der Waals surface area contributed by atoms with E-state index in [0.717, 1.165) is 51.4 Å².